The number of carbonyl (C=O) groups is 1. The van der Waals surface area contributed by atoms with E-state index in [0.717, 1.165) is 25.3 Å². The third-order valence-electron chi connectivity index (χ3n) is 4.16. The van der Waals surface area contributed by atoms with E-state index in [4.69, 9.17) is 11.6 Å². The zero-order valence-corrected chi connectivity index (χ0v) is 11.9. The number of alkyl halides is 1. The molecule has 1 amide bonds. The first-order valence-corrected chi connectivity index (χ1v) is 7.60. The summed E-state index contributed by atoms with van der Waals surface area (Å²) in [5.74, 6) is 2.36. The van der Waals surface area contributed by atoms with E-state index in [1.165, 1.54) is 25.7 Å². The number of amides is 1. The van der Waals surface area contributed by atoms with E-state index in [1.54, 1.807) is 0 Å². The molecular formula is C14H26ClNO. The van der Waals surface area contributed by atoms with Crippen LogP contribution < -0.4 is 5.32 Å². The number of carbonyl (C=O) groups excluding carboxylic acids is 1. The summed E-state index contributed by atoms with van der Waals surface area (Å²) in [6.07, 6.45) is 6.92. The van der Waals surface area contributed by atoms with Crippen molar-refractivity contribution in [3.63, 3.8) is 0 Å². The lowest BCUT2D eigenvalue weighted by Crippen LogP contribution is -2.37. The van der Waals surface area contributed by atoms with Crippen molar-refractivity contribution in [2.24, 2.45) is 17.8 Å². The quantitative estimate of drug-likeness (QED) is 0.726. The minimum atomic E-state index is 0.188. The summed E-state index contributed by atoms with van der Waals surface area (Å²) in [5.41, 5.74) is 0. The first kappa shape index (κ1) is 14.8. The molecule has 1 saturated carbocycles. The van der Waals surface area contributed by atoms with E-state index in [9.17, 15) is 4.79 Å². The zero-order chi connectivity index (χ0) is 12.7. The Morgan fingerprint density at radius 3 is 2.35 bits per heavy atom. The third-order valence-corrected chi connectivity index (χ3v) is 4.56. The zero-order valence-electron chi connectivity index (χ0n) is 11.2. The van der Waals surface area contributed by atoms with Crippen molar-refractivity contribution in [3.05, 3.63) is 0 Å². The molecule has 1 rings (SSSR count). The van der Waals surface area contributed by atoms with E-state index in [2.05, 4.69) is 19.2 Å². The Balaban J connectivity index is 2.35. The average Bonchev–Trinajstić information content (AvgIpc) is 2.38. The molecule has 0 saturated heterocycles. The van der Waals surface area contributed by atoms with Gasteiger partial charge in [0.2, 0.25) is 5.91 Å². The van der Waals surface area contributed by atoms with Crippen LogP contribution in [0.25, 0.3) is 0 Å². The summed E-state index contributed by atoms with van der Waals surface area (Å²) in [6, 6.07) is 0. The number of nitrogens with one attached hydrogen (secondary N) is 1. The van der Waals surface area contributed by atoms with Gasteiger partial charge in [0.25, 0.3) is 0 Å². The second kappa shape index (κ2) is 7.97. The number of hydrogen-bond donors (Lipinski definition) is 1. The smallest absolute Gasteiger partial charge is 0.223 e. The molecule has 2 atom stereocenters. The van der Waals surface area contributed by atoms with Gasteiger partial charge in [0, 0.05) is 18.3 Å². The van der Waals surface area contributed by atoms with Crippen LogP contribution in [0, 0.1) is 17.8 Å². The molecular weight excluding hydrogens is 234 g/mol. The molecule has 0 aromatic rings. The molecule has 2 nitrogen and oxygen atoms in total. The van der Waals surface area contributed by atoms with Crippen LogP contribution in [0.5, 0.6) is 0 Å². The van der Waals surface area contributed by atoms with Gasteiger partial charge in [-0.2, -0.15) is 0 Å². The highest BCUT2D eigenvalue weighted by Gasteiger charge is 2.25. The highest BCUT2D eigenvalue weighted by atomic mass is 35.5. The van der Waals surface area contributed by atoms with Gasteiger partial charge in [-0.25, -0.2) is 0 Å². The minimum absolute atomic E-state index is 0.188. The number of rotatable bonds is 6. The Labute approximate surface area is 110 Å². The van der Waals surface area contributed by atoms with Gasteiger partial charge in [-0.1, -0.05) is 26.7 Å². The van der Waals surface area contributed by atoms with Crippen LogP contribution in [0.3, 0.4) is 0 Å². The van der Waals surface area contributed by atoms with Gasteiger partial charge >= 0.3 is 0 Å². The molecule has 0 aromatic heterocycles. The van der Waals surface area contributed by atoms with Crippen LogP contribution in [0.1, 0.15) is 52.4 Å². The Morgan fingerprint density at radius 2 is 1.82 bits per heavy atom. The predicted octanol–water partition coefficient (Wildman–Crippen LogP) is 3.58. The normalized spacial score (nSPS) is 24.9. The second-order valence-electron chi connectivity index (χ2n) is 5.22. The highest BCUT2D eigenvalue weighted by Crippen LogP contribution is 2.30. The average molecular weight is 260 g/mol. The van der Waals surface area contributed by atoms with Gasteiger partial charge in [0.15, 0.2) is 0 Å². The van der Waals surface area contributed by atoms with E-state index < -0.39 is 0 Å². The topological polar surface area (TPSA) is 29.1 Å². The van der Waals surface area contributed by atoms with Crippen LogP contribution in [0.15, 0.2) is 0 Å². The Morgan fingerprint density at radius 1 is 1.24 bits per heavy atom. The molecule has 0 aliphatic heterocycles. The maximum atomic E-state index is 11.9. The summed E-state index contributed by atoms with van der Waals surface area (Å²) in [6.45, 7) is 4.98. The van der Waals surface area contributed by atoms with E-state index in [-0.39, 0.29) is 11.8 Å². The fourth-order valence-corrected chi connectivity index (χ4v) is 3.20. The van der Waals surface area contributed by atoms with Gasteiger partial charge in [0.1, 0.15) is 0 Å². The van der Waals surface area contributed by atoms with E-state index in [1.807, 2.05) is 0 Å². The summed E-state index contributed by atoms with van der Waals surface area (Å²) >= 11 is 5.99. The fourth-order valence-electron chi connectivity index (χ4n) is 2.79. The van der Waals surface area contributed by atoms with Crippen LogP contribution in [0.2, 0.25) is 0 Å². The first-order valence-electron chi connectivity index (χ1n) is 7.06. The van der Waals surface area contributed by atoms with Crippen molar-refractivity contribution in [3.8, 4) is 0 Å². The molecule has 1 N–H and O–H groups in total. The van der Waals surface area contributed by atoms with Crippen molar-refractivity contribution < 1.29 is 4.79 Å². The molecule has 0 spiro atoms. The largest absolute Gasteiger partial charge is 0.356 e. The van der Waals surface area contributed by atoms with Crippen LogP contribution >= 0.6 is 11.6 Å². The molecule has 3 heteroatoms. The van der Waals surface area contributed by atoms with E-state index >= 15 is 0 Å². The Bertz CT molecular complexity index is 228. The Hall–Kier alpha value is -0.240. The lowest BCUT2D eigenvalue weighted by atomic mass is 9.80. The predicted molar refractivity (Wildman–Crippen MR) is 73.2 cm³/mol. The highest BCUT2D eigenvalue weighted by molar-refractivity contribution is 6.18. The van der Waals surface area contributed by atoms with Crippen LogP contribution in [-0.4, -0.2) is 18.3 Å². The summed E-state index contributed by atoms with van der Waals surface area (Å²) in [5, 5.41) is 3.12. The minimum Gasteiger partial charge on any atom is -0.356 e. The molecule has 100 valence electrons. The number of halogens is 1. The molecule has 1 aliphatic carbocycles. The summed E-state index contributed by atoms with van der Waals surface area (Å²) in [4.78, 5) is 11.9. The maximum Gasteiger partial charge on any atom is 0.223 e. The molecule has 0 radical (unpaired) electrons. The summed E-state index contributed by atoms with van der Waals surface area (Å²) < 4.78 is 0. The summed E-state index contributed by atoms with van der Waals surface area (Å²) in [7, 11) is 0. The van der Waals surface area contributed by atoms with Gasteiger partial charge < -0.3 is 5.32 Å². The monoisotopic (exact) mass is 259 g/mol. The van der Waals surface area contributed by atoms with Crippen molar-refractivity contribution in [1.29, 1.82) is 0 Å². The van der Waals surface area contributed by atoms with Crippen molar-refractivity contribution in [2.45, 2.75) is 52.4 Å². The van der Waals surface area contributed by atoms with Crippen molar-refractivity contribution >= 4 is 17.5 Å². The molecule has 2 unspecified atom stereocenters. The second-order valence-corrected chi connectivity index (χ2v) is 5.53. The Kier molecular flexibility index (Phi) is 6.94. The van der Waals surface area contributed by atoms with Gasteiger partial charge in [-0.15, -0.1) is 11.6 Å². The molecule has 0 heterocycles. The standard InChI is InChI=1S/C14H26ClNO/c1-3-11(4-2)14(17)16-10-13-8-6-5-7-12(13)9-15/h11-13H,3-10H2,1-2H3,(H,16,17). The molecule has 0 bridgehead atoms. The molecule has 1 aliphatic rings. The van der Waals surface area contributed by atoms with Crippen LogP contribution in [0.4, 0.5) is 0 Å². The van der Waals surface area contributed by atoms with Crippen molar-refractivity contribution in [2.75, 3.05) is 12.4 Å². The lowest BCUT2D eigenvalue weighted by Gasteiger charge is -2.30. The van der Waals surface area contributed by atoms with Gasteiger partial charge in [0.05, 0.1) is 0 Å². The molecule has 17 heavy (non-hydrogen) atoms. The molecule has 1 fully saturated rings. The molecule has 0 aromatic carbocycles. The SMILES string of the molecule is CCC(CC)C(=O)NCC1CCCCC1CCl. The third kappa shape index (κ3) is 4.50. The number of hydrogen-bond acceptors (Lipinski definition) is 1. The van der Waals surface area contributed by atoms with E-state index in [0.29, 0.717) is 11.8 Å². The van der Waals surface area contributed by atoms with Crippen LogP contribution in [-0.2, 0) is 4.79 Å². The van der Waals surface area contributed by atoms with Gasteiger partial charge in [-0.05, 0) is 37.5 Å². The van der Waals surface area contributed by atoms with Gasteiger partial charge in [-0.3, -0.25) is 4.79 Å². The van der Waals surface area contributed by atoms with Crippen molar-refractivity contribution in [1.82, 2.24) is 5.32 Å². The fraction of sp³-hybridized carbons (Fsp3) is 0.929. The maximum absolute atomic E-state index is 11.9. The lowest BCUT2D eigenvalue weighted by molar-refractivity contribution is -0.125. The first-order chi connectivity index (χ1) is 8.22.